The van der Waals surface area contributed by atoms with Crippen molar-refractivity contribution >= 4 is 5.91 Å². The van der Waals surface area contributed by atoms with Gasteiger partial charge in [-0.15, -0.1) is 0 Å². The van der Waals surface area contributed by atoms with Crippen LogP contribution in [0, 0.1) is 0 Å². The SMILES string of the molecule is CC/C=C\C/C=C\C/C=C\C/C=C\C/C=C\C/C=C\CCCCCCCCCCCCCCCCCCC(=O)NC(COC1OC(CO)C(OC2OC(CO)C(OC3OC(CO)C(O)C(O)C3O)C(O)C2O)C(O)C1O)C(O)/C=C/CC/C=C/CCCCCCCCCCCCCCCCCCCC. The Morgan fingerprint density at radius 1 is 0.356 bits per heavy atom. The Balaban J connectivity index is 1.36. The molecule has 3 saturated heterocycles. The quantitative estimate of drug-likeness (QED) is 0.0199. The molecule has 0 aromatic heterocycles. The van der Waals surface area contributed by atoms with Gasteiger partial charge in [-0.05, 0) is 83.5 Å². The summed E-state index contributed by atoms with van der Waals surface area (Å²) in [7, 11) is 0. The number of hydrogen-bond acceptors (Lipinski definition) is 18. The maximum absolute atomic E-state index is 13.5. The highest BCUT2D eigenvalue weighted by Gasteiger charge is 2.54. The molecule has 0 radical (unpaired) electrons. The Morgan fingerprint density at radius 2 is 0.673 bits per heavy atom. The summed E-state index contributed by atoms with van der Waals surface area (Å²) >= 11 is 0. The molecule has 3 aliphatic rings. The highest BCUT2D eigenvalue weighted by atomic mass is 16.8. The van der Waals surface area contributed by atoms with Crippen LogP contribution in [-0.4, -0.2) is 193 Å². The van der Waals surface area contributed by atoms with Crippen LogP contribution >= 0.6 is 0 Å². The number of amides is 1. The summed E-state index contributed by atoms with van der Waals surface area (Å²) in [6.07, 6.45) is 61.1. The van der Waals surface area contributed by atoms with E-state index in [9.17, 15) is 61.0 Å². The molecule has 0 spiro atoms. The second-order valence-corrected chi connectivity index (χ2v) is 29.2. The van der Waals surface area contributed by atoms with Crippen LogP contribution in [0.1, 0.15) is 303 Å². The smallest absolute Gasteiger partial charge is 0.220 e. The fourth-order valence-electron chi connectivity index (χ4n) is 13.5. The van der Waals surface area contributed by atoms with E-state index in [4.69, 9.17) is 28.4 Å². The first-order chi connectivity index (χ1) is 50.8. The minimum Gasteiger partial charge on any atom is -0.394 e. The van der Waals surface area contributed by atoms with Gasteiger partial charge in [0.1, 0.15) is 73.2 Å². The van der Waals surface area contributed by atoms with Crippen LogP contribution in [0.5, 0.6) is 0 Å². The molecule has 3 aliphatic heterocycles. The van der Waals surface area contributed by atoms with Crippen LogP contribution in [0.2, 0.25) is 0 Å². The van der Waals surface area contributed by atoms with E-state index < -0.39 is 124 Å². The van der Waals surface area contributed by atoms with Gasteiger partial charge in [0.2, 0.25) is 5.91 Å². The Kier molecular flexibility index (Phi) is 58.9. The normalized spacial score (nSPS) is 26.4. The lowest BCUT2D eigenvalue weighted by Crippen LogP contribution is -2.66. The van der Waals surface area contributed by atoms with Crippen molar-refractivity contribution < 1.29 is 89.4 Å². The molecular weight excluding hydrogens is 1320 g/mol. The Bertz CT molecular complexity index is 2260. The number of carbonyl (C=O) groups excluding carboxylic acids is 1. The van der Waals surface area contributed by atoms with Crippen LogP contribution in [0.4, 0.5) is 0 Å². The fourth-order valence-corrected chi connectivity index (χ4v) is 13.5. The van der Waals surface area contributed by atoms with Crippen LogP contribution < -0.4 is 5.32 Å². The van der Waals surface area contributed by atoms with Crippen molar-refractivity contribution in [2.75, 3.05) is 26.4 Å². The number of allylic oxidation sites excluding steroid dienone is 15. The number of nitrogens with one attached hydrogen (secondary N) is 1. The van der Waals surface area contributed by atoms with Crippen LogP contribution in [0.15, 0.2) is 97.2 Å². The molecule has 0 aromatic carbocycles. The van der Waals surface area contributed by atoms with Crippen LogP contribution in [0.25, 0.3) is 0 Å². The molecule has 602 valence electrons. The molecule has 0 aliphatic carbocycles. The minimum atomic E-state index is -1.98. The number of rotatable bonds is 65. The lowest BCUT2D eigenvalue weighted by Gasteiger charge is -2.48. The summed E-state index contributed by atoms with van der Waals surface area (Å²) in [5, 5.41) is 121. The molecule has 17 unspecified atom stereocenters. The zero-order chi connectivity index (χ0) is 75.3. The molecular formula is C85H149NO18. The zero-order valence-electron chi connectivity index (χ0n) is 64.5. The maximum atomic E-state index is 13.5. The monoisotopic (exact) mass is 1470 g/mol. The van der Waals surface area contributed by atoms with Gasteiger partial charge in [0.15, 0.2) is 18.9 Å². The second kappa shape index (κ2) is 64.5. The first-order valence-electron chi connectivity index (χ1n) is 41.5. The van der Waals surface area contributed by atoms with E-state index in [0.717, 1.165) is 77.0 Å². The third-order valence-corrected chi connectivity index (χ3v) is 20.1. The van der Waals surface area contributed by atoms with Gasteiger partial charge in [0.05, 0.1) is 38.6 Å². The molecule has 0 aromatic rings. The average molecular weight is 1470 g/mol. The summed E-state index contributed by atoms with van der Waals surface area (Å²) in [5.74, 6) is -0.285. The van der Waals surface area contributed by atoms with Crippen molar-refractivity contribution in [3.63, 3.8) is 0 Å². The first kappa shape index (κ1) is 94.9. The standard InChI is InChI=1S/C85H149NO18/c1-3-5-7-9-11-13-15-17-19-21-23-25-27-29-30-31-32-33-34-35-36-37-38-39-41-43-45-47-49-51-53-55-57-59-61-63-73(91)86-68(69(90)62-60-58-56-54-52-50-48-46-44-42-40-28-26-24-22-20-18-16-14-12-10-8-6-4-2)67-99-83-79(97)76(94)81(71(65-88)101-83)104-85-80(98)77(95)82(72(66-89)102-85)103-84-78(96)75(93)74(92)70(64-87)100-84/h5,7,11,13,17,19,23,25,29-30,32-33,52,54,60,62,68-72,74-85,87-90,92-98H,3-4,6,8-10,12,14-16,18,20-22,24,26-28,31,34-51,53,55-59,61,63-67H2,1-2H3,(H,86,91)/b7-5-,13-11-,19-17-,25-23-,30-29-,33-32-,54-52+,62-60+. The number of unbranched alkanes of at least 4 members (excludes halogenated alkanes) is 35. The molecule has 0 saturated carbocycles. The predicted molar refractivity (Wildman–Crippen MR) is 415 cm³/mol. The van der Waals surface area contributed by atoms with E-state index in [1.807, 2.05) is 6.08 Å². The van der Waals surface area contributed by atoms with Crippen molar-refractivity contribution in [1.29, 1.82) is 0 Å². The fraction of sp³-hybridized carbons (Fsp3) is 0.800. The van der Waals surface area contributed by atoms with Gasteiger partial charge in [-0.2, -0.15) is 0 Å². The Morgan fingerprint density at radius 3 is 1.08 bits per heavy atom. The topological polar surface area (TPSA) is 307 Å². The van der Waals surface area contributed by atoms with E-state index in [1.54, 1.807) is 6.08 Å². The number of hydrogen-bond donors (Lipinski definition) is 12. The van der Waals surface area contributed by atoms with E-state index >= 15 is 0 Å². The third-order valence-electron chi connectivity index (χ3n) is 20.1. The molecule has 3 heterocycles. The molecule has 0 bridgehead atoms. The average Bonchev–Trinajstić information content (AvgIpc) is 0.783. The van der Waals surface area contributed by atoms with E-state index in [2.05, 4.69) is 104 Å². The highest BCUT2D eigenvalue weighted by molar-refractivity contribution is 5.76. The number of aliphatic hydroxyl groups excluding tert-OH is 11. The first-order valence-corrected chi connectivity index (χ1v) is 41.5. The van der Waals surface area contributed by atoms with Gasteiger partial charge in [0.25, 0.3) is 0 Å². The van der Waals surface area contributed by atoms with Crippen molar-refractivity contribution in [1.82, 2.24) is 5.32 Å². The van der Waals surface area contributed by atoms with Crippen molar-refractivity contribution in [3.05, 3.63) is 97.2 Å². The summed E-state index contributed by atoms with van der Waals surface area (Å²) in [6, 6.07) is -0.996. The van der Waals surface area contributed by atoms with Gasteiger partial charge < -0.3 is 89.9 Å². The third kappa shape index (κ3) is 43.8. The van der Waals surface area contributed by atoms with Gasteiger partial charge in [-0.3, -0.25) is 4.79 Å². The van der Waals surface area contributed by atoms with Gasteiger partial charge in [-0.1, -0.05) is 310 Å². The van der Waals surface area contributed by atoms with Gasteiger partial charge in [-0.25, -0.2) is 0 Å². The largest absolute Gasteiger partial charge is 0.394 e. The molecule has 1 amide bonds. The molecule has 104 heavy (non-hydrogen) atoms. The van der Waals surface area contributed by atoms with Crippen LogP contribution in [-0.2, 0) is 33.2 Å². The lowest BCUT2D eigenvalue weighted by atomic mass is 9.96. The molecule has 3 fully saturated rings. The summed E-state index contributed by atoms with van der Waals surface area (Å²) in [4.78, 5) is 13.5. The van der Waals surface area contributed by atoms with E-state index in [1.165, 1.54) is 193 Å². The number of aliphatic hydroxyl groups is 11. The highest BCUT2D eigenvalue weighted by Crippen LogP contribution is 2.33. The summed E-state index contributed by atoms with van der Waals surface area (Å²) in [5.41, 5.74) is 0. The molecule has 19 heteroatoms. The predicted octanol–water partition coefficient (Wildman–Crippen LogP) is 14.3. The zero-order valence-corrected chi connectivity index (χ0v) is 64.5. The lowest BCUT2D eigenvalue weighted by molar-refractivity contribution is -0.379. The number of carbonyl (C=O) groups is 1. The molecule has 17 atom stereocenters. The second-order valence-electron chi connectivity index (χ2n) is 29.2. The van der Waals surface area contributed by atoms with Gasteiger partial charge in [0, 0.05) is 6.42 Å². The minimum absolute atomic E-state index is 0.232. The molecule has 12 N–H and O–H groups in total. The van der Waals surface area contributed by atoms with Crippen LogP contribution in [0.3, 0.4) is 0 Å². The van der Waals surface area contributed by atoms with Crippen molar-refractivity contribution in [3.8, 4) is 0 Å². The maximum Gasteiger partial charge on any atom is 0.220 e. The van der Waals surface area contributed by atoms with Crippen molar-refractivity contribution in [2.45, 2.75) is 407 Å². The van der Waals surface area contributed by atoms with Gasteiger partial charge >= 0.3 is 0 Å². The van der Waals surface area contributed by atoms with E-state index in [-0.39, 0.29) is 18.9 Å². The summed E-state index contributed by atoms with van der Waals surface area (Å²) < 4.78 is 34.5. The summed E-state index contributed by atoms with van der Waals surface area (Å²) in [6.45, 7) is 1.63. The van der Waals surface area contributed by atoms with Crippen molar-refractivity contribution in [2.24, 2.45) is 0 Å². The Labute approximate surface area is 628 Å². The van der Waals surface area contributed by atoms with E-state index in [0.29, 0.717) is 12.8 Å². The Hall–Kier alpha value is -3.29. The number of ether oxygens (including phenoxy) is 6. The molecule has 3 rings (SSSR count). The molecule has 19 nitrogen and oxygen atoms in total.